The van der Waals surface area contributed by atoms with Gasteiger partial charge in [-0.05, 0) is 158 Å². The molecule has 11 rings (SSSR count). The molecule has 10 heteroatoms. The fourth-order valence-electron chi connectivity index (χ4n) is 11.2. The van der Waals surface area contributed by atoms with Gasteiger partial charge in [-0.3, -0.25) is 19.4 Å². The molecule has 5 heterocycles. The molecule has 3 aliphatic heterocycles. The molecule has 3 aliphatic rings. The van der Waals surface area contributed by atoms with Crippen molar-refractivity contribution in [3.63, 3.8) is 0 Å². The number of aryl methyl sites for hydroxylation is 1. The van der Waals surface area contributed by atoms with E-state index in [1.165, 1.54) is 23.6 Å². The molecular weight excluding hydrogens is 841 g/mol. The minimum absolute atomic E-state index is 0.0689. The highest BCUT2D eigenvalue weighted by molar-refractivity contribution is 5.93. The molecule has 0 bridgehead atoms. The van der Waals surface area contributed by atoms with E-state index in [2.05, 4.69) is 139 Å². The maximum Gasteiger partial charge on any atom is 0.245 e. The summed E-state index contributed by atoms with van der Waals surface area (Å²) in [5.41, 5.74) is 10.7. The van der Waals surface area contributed by atoms with Gasteiger partial charge in [-0.25, -0.2) is 9.97 Å². The number of carbonyl (C=O) groups excluding carboxylic acids is 2. The molecular formula is C58H62N8O2. The molecule has 8 aromatic rings. The standard InChI is InChI=1S/C58H62N8O2/c67-57(54(40-16-5-1-6-17-40)64-31-11-3-12-32-64)59-30-10-9-21-53-60-48-28-26-46(38-50(48)61-53)44-24-22-43-37-45(25-23-42(43)36-44)47-27-29-49-51(39-47)63-56(62-49)52-20-15-35-66(52)58(68)55(41-18-7-2-8-19-41)65-33-13-4-14-34-65/h1-2,5-8,16-19,22-29,36-39,52,54-55H,3-4,9-15,20-21,30-35H2,(H,59,67)(H,60,61)(H,62,63). The van der Waals surface area contributed by atoms with E-state index in [-0.39, 0.29) is 29.9 Å². The Balaban J connectivity index is 0.732. The number of rotatable bonds is 14. The normalized spacial score (nSPS) is 18.1. The first-order valence-corrected chi connectivity index (χ1v) is 25.2. The van der Waals surface area contributed by atoms with Crippen molar-refractivity contribution in [3.8, 4) is 22.3 Å². The lowest BCUT2D eigenvalue weighted by atomic mass is 9.97. The van der Waals surface area contributed by atoms with Crippen molar-refractivity contribution in [1.29, 1.82) is 0 Å². The number of piperidine rings is 2. The van der Waals surface area contributed by atoms with Crippen molar-refractivity contribution in [2.24, 2.45) is 0 Å². The smallest absolute Gasteiger partial charge is 0.245 e. The Kier molecular flexibility index (Phi) is 12.9. The Hall–Kier alpha value is -6.62. The van der Waals surface area contributed by atoms with E-state index in [1.54, 1.807) is 0 Å². The summed E-state index contributed by atoms with van der Waals surface area (Å²) >= 11 is 0. The number of carbonyl (C=O) groups is 2. The minimum Gasteiger partial charge on any atom is -0.354 e. The van der Waals surface area contributed by atoms with E-state index in [4.69, 9.17) is 9.97 Å². The van der Waals surface area contributed by atoms with Crippen molar-refractivity contribution in [2.45, 2.75) is 88.8 Å². The monoisotopic (exact) mass is 902 g/mol. The van der Waals surface area contributed by atoms with Gasteiger partial charge in [-0.1, -0.05) is 110 Å². The van der Waals surface area contributed by atoms with Crippen molar-refractivity contribution < 1.29 is 9.59 Å². The van der Waals surface area contributed by atoms with Crippen molar-refractivity contribution >= 4 is 44.7 Å². The van der Waals surface area contributed by atoms with Gasteiger partial charge >= 0.3 is 0 Å². The molecule has 2 amide bonds. The van der Waals surface area contributed by atoms with E-state index >= 15 is 0 Å². The number of hydrogen-bond acceptors (Lipinski definition) is 6. The van der Waals surface area contributed by atoms with Gasteiger partial charge in [0.25, 0.3) is 0 Å². The maximum absolute atomic E-state index is 14.5. The van der Waals surface area contributed by atoms with E-state index in [1.807, 2.05) is 24.3 Å². The average Bonchev–Trinajstić information content (AvgIpc) is 4.16. The zero-order chi connectivity index (χ0) is 45.8. The number of nitrogens with one attached hydrogen (secondary N) is 3. The summed E-state index contributed by atoms with van der Waals surface area (Å²) in [7, 11) is 0. The number of fused-ring (bicyclic) bond motifs is 3. The van der Waals surface area contributed by atoms with Gasteiger partial charge in [0.1, 0.15) is 23.7 Å². The van der Waals surface area contributed by atoms with Crippen LogP contribution in [-0.4, -0.2) is 85.7 Å². The predicted molar refractivity (Wildman–Crippen MR) is 273 cm³/mol. The van der Waals surface area contributed by atoms with E-state index in [0.717, 1.165) is 158 Å². The lowest BCUT2D eigenvalue weighted by Gasteiger charge is -2.37. The lowest BCUT2D eigenvalue weighted by molar-refractivity contribution is -0.139. The van der Waals surface area contributed by atoms with E-state index in [0.29, 0.717) is 6.54 Å². The van der Waals surface area contributed by atoms with Gasteiger partial charge in [0, 0.05) is 19.5 Å². The van der Waals surface area contributed by atoms with Gasteiger partial charge in [0.2, 0.25) is 11.8 Å². The minimum atomic E-state index is -0.260. The van der Waals surface area contributed by atoms with Gasteiger partial charge in [0.15, 0.2) is 0 Å². The highest BCUT2D eigenvalue weighted by Gasteiger charge is 2.39. The molecule has 3 fully saturated rings. The molecule has 3 unspecified atom stereocenters. The molecule has 0 radical (unpaired) electrons. The Labute approximate surface area is 399 Å². The summed E-state index contributed by atoms with van der Waals surface area (Å²) in [6, 6.07) is 46.4. The van der Waals surface area contributed by atoms with Gasteiger partial charge in [0.05, 0.1) is 28.1 Å². The molecule has 0 spiro atoms. The van der Waals surface area contributed by atoms with Crippen molar-refractivity contribution in [3.05, 3.63) is 156 Å². The number of aromatic amines is 2. The summed E-state index contributed by atoms with van der Waals surface area (Å²) in [6.07, 6.45) is 11.6. The Bertz CT molecular complexity index is 3020. The van der Waals surface area contributed by atoms with Gasteiger partial charge in [-0.2, -0.15) is 0 Å². The molecule has 10 nitrogen and oxygen atoms in total. The number of likely N-dealkylation sites (tertiary alicyclic amines) is 3. The first-order valence-electron chi connectivity index (χ1n) is 25.2. The summed E-state index contributed by atoms with van der Waals surface area (Å²) in [4.78, 5) is 52.1. The Morgan fingerprint density at radius 2 is 1.10 bits per heavy atom. The van der Waals surface area contributed by atoms with Crippen LogP contribution in [0, 0.1) is 0 Å². The lowest BCUT2D eigenvalue weighted by Crippen LogP contribution is -2.44. The first kappa shape index (κ1) is 43.9. The highest BCUT2D eigenvalue weighted by Crippen LogP contribution is 2.38. The number of amides is 2. The topological polar surface area (TPSA) is 113 Å². The molecule has 3 atom stereocenters. The van der Waals surface area contributed by atoms with Crippen molar-refractivity contribution in [2.75, 3.05) is 39.3 Å². The molecule has 0 saturated carbocycles. The fourth-order valence-corrected chi connectivity index (χ4v) is 11.2. The molecule has 3 saturated heterocycles. The number of imidazole rings is 2. The molecule has 68 heavy (non-hydrogen) atoms. The molecule has 346 valence electrons. The SMILES string of the molecule is O=C(NCCCCc1nc2ccc(-c3ccc4cc(-c5ccc6nc(C7CCCN7C(=O)C(c7ccccc7)N7CCCCC7)[nH]c6c5)ccc4c3)cc2[nH]1)C(c1ccccc1)N1CCCCC1. The predicted octanol–water partition coefficient (Wildman–Crippen LogP) is 11.5. The second-order valence-electron chi connectivity index (χ2n) is 19.3. The van der Waals surface area contributed by atoms with Crippen LogP contribution in [0.1, 0.15) is 105 Å². The molecule has 3 N–H and O–H groups in total. The number of H-pyrrole nitrogens is 2. The van der Waals surface area contributed by atoms with Crippen LogP contribution in [0.3, 0.4) is 0 Å². The summed E-state index contributed by atoms with van der Waals surface area (Å²) in [5, 5.41) is 5.62. The number of aromatic nitrogens is 4. The zero-order valence-electron chi connectivity index (χ0n) is 39.0. The van der Waals surface area contributed by atoms with Crippen LogP contribution < -0.4 is 5.32 Å². The summed E-state index contributed by atoms with van der Waals surface area (Å²) < 4.78 is 0. The van der Waals surface area contributed by atoms with Gasteiger partial charge < -0.3 is 20.2 Å². The van der Waals surface area contributed by atoms with E-state index in [9.17, 15) is 9.59 Å². The van der Waals surface area contributed by atoms with Crippen LogP contribution in [0.2, 0.25) is 0 Å². The van der Waals surface area contributed by atoms with Crippen LogP contribution in [0.15, 0.2) is 133 Å². The summed E-state index contributed by atoms with van der Waals surface area (Å²) in [5.74, 6) is 2.15. The Morgan fingerprint density at radius 3 is 1.74 bits per heavy atom. The third kappa shape index (κ3) is 9.32. The van der Waals surface area contributed by atoms with Gasteiger partial charge in [-0.15, -0.1) is 0 Å². The largest absolute Gasteiger partial charge is 0.354 e. The fraction of sp³-hybridized carbons (Fsp3) is 0.345. The van der Waals surface area contributed by atoms with Crippen LogP contribution in [-0.2, 0) is 16.0 Å². The second-order valence-corrected chi connectivity index (χ2v) is 19.3. The number of benzene rings is 6. The summed E-state index contributed by atoms with van der Waals surface area (Å²) in [6.45, 7) is 5.26. The van der Waals surface area contributed by atoms with Crippen LogP contribution in [0.25, 0.3) is 55.1 Å². The van der Waals surface area contributed by atoms with Crippen LogP contribution >= 0.6 is 0 Å². The first-order chi connectivity index (χ1) is 33.5. The molecule has 6 aromatic carbocycles. The van der Waals surface area contributed by atoms with Crippen LogP contribution in [0.4, 0.5) is 0 Å². The van der Waals surface area contributed by atoms with Crippen LogP contribution in [0.5, 0.6) is 0 Å². The third-order valence-electron chi connectivity index (χ3n) is 14.8. The highest BCUT2D eigenvalue weighted by atomic mass is 16.2. The molecule has 2 aromatic heterocycles. The Morgan fingerprint density at radius 1 is 0.559 bits per heavy atom. The second kappa shape index (κ2) is 19.9. The quantitative estimate of drug-likeness (QED) is 0.0937. The third-order valence-corrected chi connectivity index (χ3v) is 14.8. The number of hydrogen-bond donors (Lipinski definition) is 3. The van der Waals surface area contributed by atoms with E-state index < -0.39 is 0 Å². The average molecular weight is 903 g/mol. The molecule has 0 aliphatic carbocycles. The van der Waals surface area contributed by atoms with Crippen molar-refractivity contribution in [1.82, 2.24) is 40.0 Å². The number of unbranched alkanes of at least 4 members (excludes halogenated alkanes) is 1. The number of nitrogens with zero attached hydrogens (tertiary/aromatic N) is 5. The maximum atomic E-state index is 14.5. The zero-order valence-corrected chi connectivity index (χ0v) is 39.0.